The zero-order valence-corrected chi connectivity index (χ0v) is 20.2. The number of hydrogen-bond donors (Lipinski definition) is 1. The summed E-state index contributed by atoms with van der Waals surface area (Å²) >= 11 is 0. The molecule has 0 unspecified atom stereocenters. The Morgan fingerprint density at radius 3 is 2.41 bits per heavy atom. The number of fused-ring (bicyclic) bond motifs is 1. The fourth-order valence-electron chi connectivity index (χ4n) is 3.48. The number of benzene rings is 1. The van der Waals surface area contributed by atoms with Crippen LogP contribution in [0.1, 0.15) is 33.3 Å². The maximum absolute atomic E-state index is 14.2. The quantitative estimate of drug-likeness (QED) is 0.367. The van der Waals surface area contributed by atoms with Gasteiger partial charge >= 0.3 is 7.60 Å². The largest absolute Gasteiger partial charge is 0.383 e. The molecule has 3 aromatic heterocycles. The smallest absolute Gasteiger partial charge is 0.367 e. The molecule has 3 heterocycles. The predicted molar refractivity (Wildman–Crippen MR) is 128 cm³/mol. The van der Waals surface area contributed by atoms with Crippen LogP contribution in [0.25, 0.3) is 22.6 Å². The van der Waals surface area contributed by atoms with Crippen LogP contribution in [0.15, 0.2) is 48.8 Å². The van der Waals surface area contributed by atoms with Gasteiger partial charge in [-0.3, -0.25) is 4.57 Å². The number of nitrogens with two attached hydrogens (primary N) is 1. The lowest BCUT2D eigenvalue weighted by molar-refractivity contribution is 0.150. The van der Waals surface area contributed by atoms with Crippen molar-refractivity contribution in [3.8, 4) is 11.5 Å². The summed E-state index contributed by atoms with van der Waals surface area (Å²) in [5.74, 6) is -0.151. The second-order valence-corrected chi connectivity index (χ2v) is 10.1. The van der Waals surface area contributed by atoms with Crippen molar-refractivity contribution in [1.82, 2.24) is 24.7 Å². The van der Waals surface area contributed by atoms with E-state index in [0.717, 1.165) is 0 Å². The van der Waals surface area contributed by atoms with Crippen molar-refractivity contribution in [1.29, 1.82) is 0 Å². The lowest BCUT2D eigenvalue weighted by Gasteiger charge is -2.23. The highest BCUT2D eigenvalue weighted by molar-refractivity contribution is 7.62. The van der Waals surface area contributed by atoms with Crippen LogP contribution in [-0.4, -0.2) is 36.9 Å². The Hall–Kier alpha value is -3.20. The van der Waals surface area contributed by atoms with E-state index in [1.165, 1.54) is 12.3 Å². The number of pyridine rings is 1. The van der Waals surface area contributed by atoms with Gasteiger partial charge in [0.05, 0.1) is 24.1 Å². The number of halogens is 1. The van der Waals surface area contributed by atoms with E-state index in [4.69, 9.17) is 14.8 Å². The molecule has 4 rings (SSSR count). The van der Waals surface area contributed by atoms with Crippen LogP contribution < -0.4 is 11.0 Å². The van der Waals surface area contributed by atoms with E-state index in [2.05, 4.69) is 20.1 Å². The molecular formula is C23H26FN6O3P. The molecule has 9 nitrogen and oxygen atoms in total. The van der Waals surface area contributed by atoms with Crippen molar-refractivity contribution >= 4 is 29.8 Å². The van der Waals surface area contributed by atoms with Crippen LogP contribution in [0.4, 0.5) is 10.2 Å². The number of nitrogens with zero attached hydrogens (tertiary/aromatic N) is 5. The highest BCUT2D eigenvalue weighted by Crippen LogP contribution is 2.50. The SMILES string of the molecule is CC(C)OP(=O)(OC(C)C)c1cnc(-c2nn(Cc3ccccc3F)c3ncccc23)nc1N. The van der Waals surface area contributed by atoms with E-state index < -0.39 is 7.60 Å². The molecule has 1 aromatic carbocycles. The van der Waals surface area contributed by atoms with Gasteiger partial charge in [-0.15, -0.1) is 0 Å². The molecule has 0 saturated heterocycles. The fourth-order valence-corrected chi connectivity index (χ4v) is 5.40. The summed E-state index contributed by atoms with van der Waals surface area (Å²) in [5, 5.41) is 5.36. The standard InChI is InChI=1S/C23H26FN6O3P/c1-14(2)32-34(31,33-15(3)4)19-12-27-22(28-21(19)25)20-17-9-7-11-26-23(17)30(29-20)13-16-8-5-6-10-18(16)24/h5-12,14-15H,13H2,1-4H3,(H2,25,27,28). The Morgan fingerprint density at radius 1 is 1.06 bits per heavy atom. The van der Waals surface area contributed by atoms with Crippen LogP contribution in [0.2, 0.25) is 0 Å². The molecule has 0 radical (unpaired) electrons. The molecule has 0 spiro atoms. The number of anilines is 1. The Labute approximate surface area is 196 Å². The number of hydrogen-bond acceptors (Lipinski definition) is 8. The van der Waals surface area contributed by atoms with Gasteiger partial charge in [0.15, 0.2) is 11.5 Å². The van der Waals surface area contributed by atoms with E-state index in [-0.39, 0.29) is 41.5 Å². The van der Waals surface area contributed by atoms with Crippen LogP contribution in [0.5, 0.6) is 0 Å². The Balaban J connectivity index is 1.78. The Bertz CT molecular complexity index is 1360. The second kappa shape index (κ2) is 9.58. The third-order valence-electron chi connectivity index (χ3n) is 4.79. The first-order valence-corrected chi connectivity index (χ1v) is 12.4. The van der Waals surface area contributed by atoms with E-state index >= 15 is 0 Å². The molecule has 0 saturated carbocycles. The van der Waals surface area contributed by atoms with Crippen LogP contribution in [0, 0.1) is 5.82 Å². The minimum atomic E-state index is -3.76. The average molecular weight is 484 g/mol. The van der Waals surface area contributed by atoms with Crippen LogP contribution >= 0.6 is 7.60 Å². The third-order valence-corrected chi connectivity index (χ3v) is 7.12. The summed E-state index contributed by atoms with van der Waals surface area (Å²) in [6, 6.07) is 10.1. The normalized spacial score (nSPS) is 12.2. The summed E-state index contributed by atoms with van der Waals surface area (Å²) < 4.78 is 40.6. The monoisotopic (exact) mass is 484 g/mol. The van der Waals surface area contributed by atoms with Crippen molar-refractivity contribution in [2.24, 2.45) is 0 Å². The number of nitrogen functional groups attached to an aromatic ring is 1. The molecule has 0 amide bonds. The lowest BCUT2D eigenvalue weighted by atomic mass is 10.2. The van der Waals surface area contributed by atoms with E-state index in [0.29, 0.717) is 22.3 Å². The first-order valence-electron chi connectivity index (χ1n) is 10.8. The van der Waals surface area contributed by atoms with Crippen molar-refractivity contribution in [2.75, 3.05) is 5.73 Å². The van der Waals surface area contributed by atoms with Gasteiger partial charge in [-0.1, -0.05) is 18.2 Å². The number of aromatic nitrogens is 5. The zero-order valence-electron chi connectivity index (χ0n) is 19.3. The minimum absolute atomic E-state index is 0.0321. The van der Waals surface area contributed by atoms with Gasteiger partial charge < -0.3 is 14.8 Å². The molecule has 0 aliphatic carbocycles. The maximum atomic E-state index is 14.2. The molecule has 0 atom stereocenters. The topological polar surface area (TPSA) is 118 Å². The van der Waals surface area contributed by atoms with Gasteiger partial charge in [0.1, 0.15) is 22.6 Å². The molecule has 0 bridgehead atoms. The third kappa shape index (κ3) is 4.84. The first-order chi connectivity index (χ1) is 16.2. The van der Waals surface area contributed by atoms with Crippen LogP contribution in [0.3, 0.4) is 0 Å². The summed E-state index contributed by atoms with van der Waals surface area (Å²) in [7, 11) is -3.76. The van der Waals surface area contributed by atoms with E-state index in [1.54, 1.807) is 62.8 Å². The highest BCUT2D eigenvalue weighted by atomic mass is 31.2. The molecular weight excluding hydrogens is 458 g/mol. The minimum Gasteiger partial charge on any atom is -0.383 e. The molecule has 0 aliphatic rings. The Kier molecular flexibility index (Phi) is 6.74. The molecule has 4 aromatic rings. The maximum Gasteiger partial charge on any atom is 0.367 e. The molecule has 2 N–H and O–H groups in total. The van der Waals surface area contributed by atoms with E-state index in [1.807, 2.05) is 6.07 Å². The predicted octanol–water partition coefficient (Wildman–Crippen LogP) is 4.33. The van der Waals surface area contributed by atoms with Gasteiger partial charge in [-0.05, 0) is 45.9 Å². The summed E-state index contributed by atoms with van der Waals surface area (Å²) in [6.07, 6.45) is 2.24. The van der Waals surface area contributed by atoms with Gasteiger partial charge in [0.25, 0.3) is 0 Å². The van der Waals surface area contributed by atoms with Gasteiger partial charge in [-0.2, -0.15) is 5.10 Å². The molecule has 11 heteroatoms. The van der Waals surface area contributed by atoms with E-state index in [9.17, 15) is 8.96 Å². The average Bonchev–Trinajstić information content (AvgIpc) is 3.12. The Morgan fingerprint density at radius 2 is 1.76 bits per heavy atom. The summed E-state index contributed by atoms with van der Waals surface area (Å²) in [4.78, 5) is 13.2. The van der Waals surface area contributed by atoms with Crippen molar-refractivity contribution in [2.45, 2.75) is 46.4 Å². The van der Waals surface area contributed by atoms with Crippen molar-refractivity contribution < 1.29 is 18.0 Å². The second-order valence-electron chi connectivity index (χ2n) is 8.24. The summed E-state index contributed by atoms with van der Waals surface area (Å²) in [6.45, 7) is 7.19. The van der Waals surface area contributed by atoms with Gasteiger partial charge in [-0.25, -0.2) is 24.0 Å². The summed E-state index contributed by atoms with van der Waals surface area (Å²) in [5.41, 5.74) is 7.64. The molecule has 0 fully saturated rings. The first kappa shape index (κ1) is 23.9. The molecule has 0 aliphatic heterocycles. The zero-order chi connectivity index (χ0) is 24.5. The van der Waals surface area contributed by atoms with Crippen LogP contribution in [-0.2, 0) is 20.2 Å². The van der Waals surface area contributed by atoms with Crippen molar-refractivity contribution in [3.63, 3.8) is 0 Å². The molecule has 34 heavy (non-hydrogen) atoms. The lowest BCUT2D eigenvalue weighted by Crippen LogP contribution is -2.21. The molecule has 178 valence electrons. The van der Waals surface area contributed by atoms with Gasteiger partial charge in [0.2, 0.25) is 0 Å². The fraction of sp³-hybridized carbons (Fsp3) is 0.304. The van der Waals surface area contributed by atoms with Gasteiger partial charge in [0, 0.05) is 18.0 Å². The van der Waals surface area contributed by atoms with Crippen molar-refractivity contribution in [3.05, 3.63) is 60.2 Å². The number of rotatable bonds is 8. The highest BCUT2D eigenvalue weighted by Gasteiger charge is 2.34.